The van der Waals surface area contributed by atoms with Gasteiger partial charge in [-0.15, -0.1) is 0 Å². The van der Waals surface area contributed by atoms with Gasteiger partial charge >= 0.3 is 0 Å². The van der Waals surface area contributed by atoms with Crippen LogP contribution in [0.15, 0.2) is 121 Å². The zero-order valence-corrected chi connectivity index (χ0v) is 20.3. The van der Waals surface area contributed by atoms with E-state index in [1.54, 1.807) is 0 Å². The lowest BCUT2D eigenvalue weighted by Crippen LogP contribution is -1.90. The molecule has 5 aromatic heterocycles. The molecule has 0 aliphatic heterocycles. The summed E-state index contributed by atoms with van der Waals surface area (Å²) in [6.45, 7) is 0. The van der Waals surface area contributed by atoms with Gasteiger partial charge in [0.1, 0.15) is 0 Å². The predicted octanol–water partition coefficient (Wildman–Crippen LogP) is 8.46. The highest BCUT2D eigenvalue weighted by Crippen LogP contribution is 2.38. The topological polar surface area (TPSA) is 34.6 Å². The number of rotatable bonds is 0. The van der Waals surface area contributed by atoms with E-state index in [2.05, 4.69) is 130 Å². The van der Waals surface area contributed by atoms with Gasteiger partial charge in [0.2, 0.25) is 0 Å². The summed E-state index contributed by atoms with van der Waals surface area (Å²) in [6.07, 6.45) is 2.05. The summed E-state index contributed by atoms with van der Waals surface area (Å²) in [7, 11) is 0. The maximum atomic E-state index is 5.10. The van der Waals surface area contributed by atoms with Gasteiger partial charge in [0.25, 0.3) is 0 Å². The van der Waals surface area contributed by atoms with Crippen molar-refractivity contribution in [1.82, 2.24) is 18.8 Å². The Morgan fingerprint density at radius 1 is 0.474 bits per heavy atom. The van der Waals surface area contributed by atoms with Crippen LogP contribution >= 0.6 is 0 Å². The van der Waals surface area contributed by atoms with Gasteiger partial charge in [-0.05, 0) is 48.5 Å². The number of aromatic nitrogens is 4. The van der Waals surface area contributed by atoms with Crippen molar-refractivity contribution in [2.75, 3.05) is 0 Å². The Hall–Kier alpha value is -5.22. The van der Waals surface area contributed by atoms with Crippen molar-refractivity contribution < 1.29 is 0 Å². The molecule has 9 aromatic rings. The van der Waals surface area contributed by atoms with Crippen molar-refractivity contribution in [2.24, 2.45) is 0 Å². The molecule has 0 saturated carbocycles. The van der Waals surface area contributed by atoms with Crippen molar-refractivity contribution >= 4 is 76.6 Å². The van der Waals surface area contributed by atoms with E-state index in [-0.39, 0.29) is 0 Å². The van der Waals surface area contributed by atoms with E-state index >= 15 is 0 Å². The fraction of sp³-hybridized carbons (Fsp3) is 0. The Morgan fingerprint density at radius 3 is 1.76 bits per heavy atom. The first-order valence-corrected chi connectivity index (χ1v) is 12.9. The lowest BCUT2D eigenvalue weighted by molar-refractivity contribution is 1.29. The molecule has 9 rings (SSSR count). The van der Waals surface area contributed by atoms with Crippen molar-refractivity contribution in [1.29, 1.82) is 0 Å². The minimum absolute atomic E-state index is 0.961. The number of fused-ring (bicyclic) bond motifs is 16. The Bertz CT molecular complexity index is 2290. The molecule has 0 fully saturated rings. The van der Waals surface area contributed by atoms with E-state index < -0.39 is 0 Å². The molecule has 0 unspecified atom stereocenters. The molecule has 0 atom stereocenters. The molecule has 0 saturated heterocycles. The summed E-state index contributed by atoms with van der Waals surface area (Å²) < 4.78 is 4.78. The molecule has 0 aliphatic carbocycles. The molecule has 176 valence electrons. The Balaban J connectivity index is 1.76. The first kappa shape index (κ1) is 19.9. The molecule has 5 heterocycles. The second-order valence-electron chi connectivity index (χ2n) is 9.93. The highest BCUT2D eigenvalue weighted by molar-refractivity contribution is 6.22. The summed E-state index contributed by atoms with van der Waals surface area (Å²) in [4.78, 5) is 10.2. The quantitative estimate of drug-likeness (QED) is 0.216. The summed E-state index contributed by atoms with van der Waals surface area (Å²) in [5.74, 6) is 0. The minimum atomic E-state index is 0.961. The van der Waals surface area contributed by atoms with E-state index in [1.165, 1.54) is 5.39 Å². The smallest absolute Gasteiger partial charge is 0.0985 e. The zero-order chi connectivity index (χ0) is 24.8. The van der Waals surface area contributed by atoms with Gasteiger partial charge in [-0.1, -0.05) is 66.7 Å². The molecule has 4 nitrogen and oxygen atoms in total. The van der Waals surface area contributed by atoms with Crippen LogP contribution in [0.3, 0.4) is 0 Å². The minimum Gasteiger partial charge on any atom is -0.307 e. The summed E-state index contributed by atoms with van der Waals surface area (Å²) in [6, 6.07) is 40.9. The fourth-order valence-electron chi connectivity index (χ4n) is 6.23. The first-order chi connectivity index (χ1) is 18.8. The number of hydrogen-bond donors (Lipinski definition) is 0. The van der Waals surface area contributed by atoms with Gasteiger partial charge in [-0.3, -0.25) is 4.98 Å². The molecule has 6 bridgehead atoms. The van der Waals surface area contributed by atoms with Gasteiger partial charge in [0.05, 0.1) is 38.6 Å². The van der Waals surface area contributed by atoms with Crippen molar-refractivity contribution in [3.8, 4) is 0 Å². The predicted molar refractivity (Wildman–Crippen MR) is 158 cm³/mol. The van der Waals surface area contributed by atoms with Crippen LogP contribution in [0.1, 0.15) is 0 Å². The normalized spacial score (nSPS) is 12.2. The highest BCUT2D eigenvalue weighted by Gasteiger charge is 2.18. The molecule has 0 N–H and O–H groups in total. The van der Waals surface area contributed by atoms with Crippen LogP contribution in [0.25, 0.3) is 76.6 Å². The molecule has 4 aromatic carbocycles. The van der Waals surface area contributed by atoms with E-state index in [4.69, 9.17) is 9.97 Å². The molecule has 38 heavy (non-hydrogen) atoms. The van der Waals surface area contributed by atoms with E-state index in [1.807, 2.05) is 0 Å². The maximum absolute atomic E-state index is 5.10. The molecular formula is C34H20N4. The van der Waals surface area contributed by atoms with Crippen LogP contribution in [0.2, 0.25) is 0 Å². The second-order valence-corrected chi connectivity index (χ2v) is 9.93. The number of nitrogens with zero attached hydrogens (tertiary/aromatic N) is 4. The molecular weight excluding hydrogens is 464 g/mol. The van der Waals surface area contributed by atoms with Crippen LogP contribution < -0.4 is 0 Å². The highest BCUT2D eigenvalue weighted by atomic mass is 15.0. The standard InChI is InChI=1S/C34H20N4/c1-3-16-30-25(12-1)27-20-35-32-26-13-2-4-17-31(26)38-24-11-6-9-22(19-24)29-15-7-14-28(36-29)21-8-5-10-23(18-21)37(30)33(27)34(32)38/h1-20H. The third-order valence-corrected chi connectivity index (χ3v) is 7.86. The summed E-state index contributed by atoms with van der Waals surface area (Å²) >= 11 is 0. The van der Waals surface area contributed by atoms with Crippen LogP contribution in [0.5, 0.6) is 0 Å². The largest absolute Gasteiger partial charge is 0.307 e. The first-order valence-electron chi connectivity index (χ1n) is 12.9. The van der Waals surface area contributed by atoms with Crippen LogP contribution in [-0.4, -0.2) is 18.8 Å². The Morgan fingerprint density at radius 2 is 1.05 bits per heavy atom. The van der Waals surface area contributed by atoms with Crippen LogP contribution in [0, 0.1) is 0 Å². The number of para-hydroxylation sites is 2. The fourth-order valence-corrected chi connectivity index (χ4v) is 6.23. The Kier molecular flexibility index (Phi) is 3.76. The SMILES string of the molecule is c1cc2nc(c1)c1cccc(c1)n1c3ccccc3c3ncc4c5ccccc5n(c5cccc2c5)c4c31. The van der Waals surface area contributed by atoms with Gasteiger partial charge < -0.3 is 8.80 Å². The average molecular weight is 485 g/mol. The van der Waals surface area contributed by atoms with Gasteiger partial charge in [0, 0.05) is 44.2 Å². The second kappa shape index (κ2) is 7.17. The molecule has 0 radical (unpaired) electrons. The van der Waals surface area contributed by atoms with Crippen molar-refractivity contribution in [3.63, 3.8) is 0 Å². The Labute approximate surface area is 216 Å². The third kappa shape index (κ3) is 2.53. The lowest BCUT2D eigenvalue weighted by atomic mass is 10.2. The lowest BCUT2D eigenvalue weighted by Gasteiger charge is -2.04. The monoisotopic (exact) mass is 484 g/mol. The van der Waals surface area contributed by atoms with Crippen LogP contribution in [0.4, 0.5) is 0 Å². The molecule has 0 aliphatic rings. The van der Waals surface area contributed by atoms with E-state index in [9.17, 15) is 0 Å². The van der Waals surface area contributed by atoms with Gasteiger partial charge in [-0.2, -0.15) is 0 Å². The van der Waals surface area contributed by atoms with Crippen molar-refractivity contribution in [3.05, 3.63) is 121 Å². The average Bonchev–Trinajstić information content (AvgIpc) is 3.50. The summed E-state index contributed by atoms with van der Waals surface area (Å²) in [5, 5.41) is 5.67. The number of hydrogen-bond acceptors (Lipinski definition) is 2. The van der Waals surface area contributed by atoms with E-state index in [0.717, 1.165) is 71.2 Å². The van der Waals surface area contributed by atoms with E-state index in [0.29, 0.717) is 0 Å². The number of pyridine rings is 2. The van der Waals surface area contributed by atoms with Crippen LogP contribution in [-0.2, 0) is 0 Å². The summed E-state index contributed by atoms with van der Waals surface area (Å²) in [5.41, 5.74) is 9.71. The molecule has 0 amide bonds. The molecule has 0 spiro atoms. The number of benzene rings is 4. The zero-order valence-electron chi connectivity index (χ0n) is 20.3. The molecule has 4 heteroatoms. The van der Waals surface area contributed by atoms with Gasteiger partial charge in [0.15, 0.2) is 0 Å². The maximum Gasteiger partial charge on any atom is 0.0985 e. The third-order valence-electron chi connectivity index (χ3n) is 7.86. The van der Waals surface area contributed by atoms with Gasteiger partial charge in [-0.25, -0.2) is 4.98 Å². The van der Waals surface area contributed by atoms with Crippen molar-refractivity contribution in [2.45, 2.75) is 0 Å².